The van der Waals surface area contributed by atoms with Crippen molar-refractivity contribution in [1.29, 1.82) is 0 Å². The predicted molar refractivity (Wildman–Crippen MR) is 82.9 cm³/mol. The van der Waals surface area contributed by atoms with Gasteiger partial charge < -0.3 is 10.1 Å². The molecule has 1 N–H and O–H groups in total. The highest BCUT2D eigenvalue weighted by Gasteiger charge is 2.27. The van der Waals surface area contributed by atoms with Crippen LogP contribution in [0.3, 0.4) is 0 Å². The van der Waals surface area contributed by atoms with Crippen LogP contribution < -0.4 is 5.32 Å². The maximum absolute atomic E-state index is 12.0. The first-order valence-corrected chi connectivity index (χ1v) is 7.57. The Morgan fingerprint density at radius 2 is 2.10 bits per heavy atom. The van der Waals surface area contributed by atoms with E-state index in [9.17, 15) is 4.79 Å². The number of amidine groups is 1. The fourth-order valence-corrected chi connectivity index (χ4v) is 2.87. The molecule has 1 atom stereocenters. The molecule has 1 aromatic carbocycles. The molecule has 0 aromatic heterocycles. The third-order valence-electron chi connectivity index (χ3n) is 3.09. The van der Waals surface area contributed by atoms with Crippen LogP contribution >= 0.6 is 11.8 Å². The molecule has 0 amide bonds. The molecule has 0 spiro atoms. The Bertz CT molecular complexity index is 500. The lowest BCUT2D eigenvalue weighted by Crippen LogP contribution is -2.37. The lowest BCUT2D eigenvalue weighted by atomic mass is 9.97. The van der Waals surface area contributed by atoms with Crippen molar-refractivity contribution in [3.05, 3.63) is 35.9 Å². The molecule has 1 aliphatic heterocycles. The van der Waals surface area contributed by atoms with Crippen molar-refractivity contribution in [1.82, 2.24) is 5.32 Å². The Balaban J connectivity index is 2.14. The van der Waals surface area contributed by atoms with Crippen LogP contribution in [0.5, 0.6) is 0 Å². The summed E-state index contributed by atoms with van der Waals surface area (Å²) >= 11 is 1.65. The number of esters is 1. The standard InChI is InChI=1S/C15H20N2O2S/c1-15(2)9-16-14(20-10-15)17-12(13(18)19-3)11-7-5-4-6-8-11/h4-8,12H,9-10H2,1-3H3,(H,16,17). The van der Waals surface area contributed by atoms with Gasteiger partial charge in [-0.2, -0.15) is 0 Å². The number of thioether (sulfide) groups is 1. The quantitative estimate of drug-likeness (QED) is 0.870. The van der Waals surface area contributed by atoms with Crippen LogP contribution in [0.2, 0.25) is 0 Å². The Hall–Kier alpha value is -1.49. The van der Waals surface area contributed by atoms with E-state index < -0.39 is 6.04 Å². The highest BCUT2D eigenvalue weighted by atomic mass is 32.2. The van der Waals surface area contributed by atoms with E-state index in [4.69, 9.17) is 4.74 Å². The molecule has 108 valence electrons. The Kier molecular flexibility index (Phi) is 4.70. The molecular weight excluding hydrogens is 272 g/mol. The molecule has 0 aliphatic carbocycles. The smallest absolute Gasteiger partial charge is 0.333 e. The van der Waals surface area contributed by atoms with Crippen LogP contribution in [0.25, 0.3) is 0 Å². The van der Waals surface area contributed by atoms with Crippen molar-refractivity contribution in [3.63, 3.8) is 0 Å². The third kappa shape index (κ3) is 3.76. The first kappa shape index (κ1) is 14.9. The Morgan fingerprint density at radius 3 is 2.65 bits per heavy atom. The number of ether oxygens (including phenoxy) is 1. The summed E-state index contributed by atoms with van der Waals surface area (Å²) in [4.78, 5) is 16.5. The first-order chi connectivity index (χ1) is 9.52. The lowest BCUT2D eigenvalue weighted by Gasteiger charge is -2.28. The van der Waals surface area contributed by atoms with E-state index in [1.165, 1.54) is 7.11 Å². The number of nitrogens with one attached hydrogen (secondary N) is 1. The maximum atomic E-state index is 12.0. The second kappa shape index (κ2) is 6.31. The zero-order valence-electron chi connectivity index (χ0n) is 12.1. The van der Waals surface area contributed by atoms with Gasteiger partial charge in [-0.25, -0.2) is 4.79 Å². The second-order valence-electron chi connectivity index (χ2n) is 5.59. The van der Waals surface area contributed by atoms with Crippen molar-refractivity contribution >= 4 is 22.9 Å². The molecule has 0 saturated carbocycles. The van der Waals surface area contributed by atoms with E-state index in [0.29, 0.717) is 0 Å². The predicted octanol–water partition coefficient (Wildman–Crippen LogP) is 2.62. The normalized spacial score (nSPS) is 18.9. The average Bonchev–Trinajstić information content (AvgIpc) is 2.46. The lowest BCUT2D eigenvalue weighted by molar-refractivity contribution is -0.142. The molecule has 0 fully saturated rings. The molecule has 1 aromatic rings. The number of methoxy groups -OCH3 is 1. The molecule has 5 heteroatoms. The average molecular weight is 292 g/mol. The van der Waals surface area contributed by atoms with Gasteiger partial charge in [-0.3, -0.25) is 4.99 Å². The molecule has 1 aliphatic rings. The minimum atomic E-state index is -0.506. The number of benzene rings is 1. The van der Waals surface area contributed by atoms with Gasteiger partial charge in [0.05, 0.1) is 7.11 Å². The van der Waals surface area contributed by atoms with Gasteiger partial charge >= 0.3 is 5.97 Å². The largest absolute Gasteiger partial charge is 0.467 e. The highest BCUT2D eigenvalue weighted by molar-refractivity contribution is 8.13. The van der Waals surface area contributed by atoms with Gasteiger partial charge in [-0.05, 0) is 11.0 Å². The van der Waals surface area contributed by atoms with Crippen LogP contribution in [0.4, 0.5) is 0 Å². The van der Waals surface area contributed by atoms with Crippen molar-refractivity contribution in [2.75, 3.05) is 19.4 Å². The van der Waals surface area contributed by atoms with Gasteiger partial charge in [0.25, 0.3) is 0 Å². The number of hydrogen-bond donors (Lipinski definition) is 1. The number of nitrogens with zero attached hydrogens (tertiary/aromatic N) is 1. The molecule has 20 heavy (non-hydrogen) atoms. The van der Waals surface area contributed by atoms with Crippen LogP contribution in [0, 0.1) is 5.41 Å². The van der Waals surface area contributed by atoms with Crippen molar-refractivity contribution < 1.29 is 9.53 Å². The van der Waals surface area contributed by atoms with E-state index >= 15 is 0 Å². The minimum absolute atomic E-state index is 0.212. The molecule has 1 heterocycles. The second-order valence-corrected chi connectivity index (χ2v) is 6.55. The molecule has 4 nitrogen and oxygen atoms in total. The van der Waals surface area contributed by atoms with Gasteiger partial charge in [0, 0.05) is 12.3 Å². The number of aliphatic imine (C=N–C) groups is 1. The first-order valence-electron chi connectivity index (χ1n) is 6.58. The topological polar surface area (TPSA) is 50.7 Å². The number of hydrogen-bond acceptors (Lipinski definition) is 5. The van der Waals surface area contributed by atoms with Crippen LogP contribution in [-0.4, -0.2) is 30.5 Å². The van der Waals surface area contributed by atoms with Gasteiger partial charge in [0.15, 0.2) is 11.2 Å². The van der Waals surface area contributed by atoms with Crippen LogP contribution in [0.15, 0.2) is 35.3 Å². The molecule has 1 unspecified atom stereocenters. The Labute approximate surface area is 124 Å². The fourth-order valence-electron chi connectivity index (χ4n) is 1.89. The number of carbonyl (C=O) groups excluding carboxylic acids is 1. The summed E-state index contributed by atoms with van der Waals surface area (Å²) in [7, 11) is 1.40. The van der Waals surface area contributed by atoms with E-state index in [-0.39, 0.29) is 11.4 Å². The molecule has 2 rings (SSSR count). The number of carbonyl (C=O) groups is 1. The Morgan fingerprint density at radius 1 is 1.40 bits per heavy atom. The van der Waals surface area contributed by atoms with Gasteiger partial charge in [0.1, 0.15) is 0 Å². The third-order valence-corrected chi connectivity index (χ3v) is 4.53. The molecule has 0 radical (unpaired) electrons. The summed E-state index contributed by atoms with van der Waals surface area (Å²) < 4.78 is 4.88. The van der Waals surface area contributed by atoms with Crippen molar-refractivity contribution in [2.45, 2.75) is 19.9 Å². The van der Waals surface area contributed by atoms with Gasteiger partial charge in [0.2, 0.25) is 0 Å². The molecule has 0 saturated heterocycles. The van der Waals surface area contributed by atoms with E-state index in [1.807, 2.05) is 30.3 Å². The molecular formula is C15H20N2O2S. The highest BCUT2D eigenvalue weighted by Crippen LogP contribution is 2.28. The van der Waals surface area contributed by atoms with Crippen LogP contribution in [-0.2, 0) is 9.53 Å². The summed E-state index contributed by atoms with van der Waals surface area (Å²) in [6.45, 7) is 5.15. The van der Waals surface area contributed by atoms with E-state index in [1.54, 1.807) is 11.8 Å². The summed E-state index contributed by atoms with van der Waals surface area (Å²) in [5.74, 6) is 0.686. The summed E-state index contributed by atoms with van der Waals surface area (Å²) in [5, 5.41) is 4.01. The zero-order valence-corrected chi connectivity index (χ0v) is 12.9. The summed E-state index contributed by atoms with van der Waals surface area (Å²) in [5.41, 5.74) is 1.09. The van der Waals surface area contributed by atoms with E-state index in [0.717, 1.165) is 23.0 Å². The van der Waals surface area contributed by atoms with Gasteiger partial charge in [-0.1, -0.05) is 55.9 Å². The monoisotopic (exact) mass is 292 g/mol. The maximum Gasteiger partial charge on any atom is 0.333 e. The zero-order chi connectivity index (χ0) is 14.6. The number of rotatable bonds is 3. The van der Waals surface area contributed by atoms with Gasteiger partial charge in [-0.15, -0.1) is 0 Å². The van der Waals surface area contributed by atoms with Crippen LogP contribution in [0.1, 0.15) is 25.5 Å². The summed E-state index contributed by atoms with van der Waals surface area (Å²) in [6.07, 6.45) is 0. The minimum Gasteiger partial charge on any atom is -0.467 e. The molecule has 0 bridgehead atoms. The summed E-state index contributed by atoms with van der Waals surface area (Å²) in [6, 6.07) is 9.05. The van der Waals surface area contributed by atoms with Crippen molar-refractivity contribution in [3.8, 4) is 0 Å². The SMILES string of the molecule is COC(=O)C(NC1=NCC(C)(C)CS1)c1ccccc1. The van der Waals surface area contributed by atoms with Crippen molar-refractivity contribution in [2.24, 2.45) is 10.4 Å². The van der Waals surface area contributed by atoms with E-state index in [2.05, 4.69) is 24.2 Å². The fraction of sp³-hybridized carbons (Fsp3) is 0.467.